The van der Waals surface area contributed by atoms with E-state index in [1.54, 1.807) is 42.5 Å². The van der Waals surface area contributed by atoms with E-state index < -0.39 is 35.8 Å². The van der Waals surface area contributed by atoms with E-state index in [0.717, 1.165) is 11.1 Å². The molecule has 2 saturated heterocycles. The summed E-state index contributed by atoms with van der Waals surface area (Å²) in [6.45, 7) is 0.144. The molecule has 216 valence electrons. The van der Waals surface area contributed by atoms with E-state index in [1.807, 2.05) is 42.5 Å². The van der Waals surface area contributed by atoms with Gasteiger partial charge in [-0.2, -0.15) is 0 Å². The highest BCUT2D eigenvalue weighted by atomic mass is 19.1. The fourth-order valence-corrected chi connectivity index (χ4v) is 5.92. The summed E-state index contributed by atoms with van der Waals surface area (Å²) in [4.78, 5) is 60.8. The number of carbonyl (C=O) groups is 4. The lowest BCUT2D eigenvalue weighted by atomic mass is 10.0. The summed E-state index contributed by atoms with van der Waals surface area (Å²) >= 11 is 0. The van der Waals surface area contributed by atoms with Crippen molar-refractivity contribution >= 4 is 23.5 Å². The van der Waals surface area contributed by atoms with Crippen LogP contribution in [0.1, 0.15) is 32.8 Å². The average Bonchev–Trinajstić information content (AvgIpc) is 3.63. The molecule has 3 aromatic carbocycles. The van der Waals surface area contributed by atoms with Crippen molar-refractivity contribution in [2.24, 2.45) is 0 Å². The SMILES string of the molecule is O=C(NC(Cc1ccc(F)cc1)C(=O)N1CCC2C1C(=O)CN2C(=O)c1ccccn1)c1ccc(-c2ccccc2)cc1. The number of likely N-dealkylation sites (tertiary alicyclic amines) is 2. The van der Waals surface area contributed by atoms with Crippen LogP contribution in [0.2, 0.25) is 0 Å². The van der Waals surface area contributed by atoms with Crippen molar-refractivity contribution in [3.63, 3.8) is 0 Å². The molecule has 9 heteroatoms. The van der Waals surface area contributed by atoms with Crippen molar-refractivity contribution in [3.05, 3.63) is 126 Å². The van der Waals surface area contributed by atoms with Gasteiger partial charge in [-0.05, 0) is 59.5 Å². The number of hydrogen-bond acceptors (Lipinski definition) is 5. The Morgan fingerprint density at radius 2 is 1.56 bits per heavy atom. The molecule has 3 amide bonds. The molecule has 0 aliphatic carbocycles. The summed E-state index contributed by atoms with van der Waals surface area (Å²) in [6.07, 6.45) is 2.05. The van der Waals surface area contributed by atoms with E-state index in [1.165, 1.54) is 28.1 Å². The van der Waals surface area contributed by atoms with Gasteiger partial charge in [-0.1, -0.05) is 60.7 Å². The summed E-state index contributed by atoms with van der Waals surface area (Å²) in [5.74, 6) is -1.87. The molecule has 2 aliphatic rings. The first-order valence-electron chi connectivity index (χ1n) is 14.1. The van der Waals surface area contributed by atoms with Gasteiger partial charge in [0.1, 0.15) is 23.6 Å². The van der Waals surface area contributed by atoms with Crippen LogP contribution in [-0.2, 0) is 16.0 Å². The van der Waals surface area contributed by atoms with Gasteiger partial charge in [0.2, 0.25) is 5.91 Å². The van der Waals surface area contributed by atoms with E-state index in [2.05, 4.69) is 10.3 Å². The molecule has 3 unspecified atom stereocenters. The molecule has 4 aromatic rings. The quantitative estimate of drug-likeness (QED) is 0.360. The Labute approximate surface area is 248 Å². The molecular weight excluding hydrogens is 547 g/mol. The van der Waals surface area contributed by atoms with Crippen LogP contribution in [0, 0.1) is 5.82 Å². The van der Waals surface area contributed by atoms with Crippen LogP contribution in [0.15, 0.2) is 103 Å². The van der Waals surface area contributed by atoms with Crippen LogP contribution in [0.3, 0.4) is 0 Å². The highest BCUT2D eigenvalue weighted by molar-refractivity contribution is 6.03. The number of carbonyl (C=O) groups excluding carboxylic acids is 4. The Bertz CT molecular complexity index is 1650. The number of aromatic nitrogens is 1. The van der Waals surface area contributed by atoms with Crippen molar-refractivity contribution in [2.45, 2.75) is 31.0 Å². The zero-order valence-electron chi connectivity index (χ0n) is 23.2. The smallest absolute Gasteiger partial charge is 0.273 e. The average molecular weight is 577 g/mol. The summed E-state index contributed by atoms with van der Waals surface area (Å²) in [6, 6.07) is 25.3. The van der Waals surface area contributed by atoms with Gasteiger partial charge in [-0.25, -0.2) is 4.39 Å². The number of nitrogens with zero attached hydrogens (tertiary/aromatic N) is 3. The van der Waals surface area contributed by atoms with Gasteiger partial charge < -0.3 is 15.1 Å². The fourth-order valence-electron chi connectivity index (χ4n) is 5.92. The van der Waals surface area contributed by atoms with Crippen molar-refractivity contribution in [2.75, 3.05) is 13.1 Å². The highest BCUT2D eigenvalue weighted by Gasteiger charge is 2.52. The summed E-state index contributed by atoms with van der Waals surface area (Å²) in [5, 5.41) is 2.86. The number of nitrogens with one attached hydrogen (secondary N) is 1. The molecule has 1 N–H and O–H groups in total. The molecule has 3 atom stereocenters. The van der Waals surface area contributed by atoms with Gasteiger partial charge in [-0.15, -0.1) is 0 Å². The van der Waals surface area contributed by atoms with Crippen molar-refractivity contribution in [1.29, 1.82) is 0 Å². The number of halogens is 1. The van der Waals surface area contributed by atoms with Crippen LogP contribution < -0.4 is 5.32 Å². The normalized spacial score (nSPS) is 18.3. The maximum absolute atomic E-state index is 14.0. The maximum Gasteiger partial charge on any atom is 0.273 e. The third-order valence-corrected chi connectivity index (χ3v) is 8.06. The van der Waals surface area contributed by atoms with Gasteiger partial charge in [0.25, 0.3) is 11.8 Å². The fraction of sp³-hybridized carbons (Fsp3) is 0.206. The molecule has 2 aliphatic heterocycles. The van der Waals surface area contributed by atoms with E-state index in [4.69, 9.17) is 0 Å². The number of hydrogen-bond donors (Lipinski definition) is 1. The summed E-state index contributed by atoms with van der Waals surface area (Å²) < 4.78 is 13.6. The molecule has 0 radical (unpaired) electrons. The van der Waals surface area contributed by atoms with E-state index in [-0.39, 0.29) is 36.9 Å². The number of benzene rings is 3. The van der Waals surface area contributed by atoms with Gasteiger partial charge in [0.05, 0.1) is 12.6 Å². The van der Waals surface area contributed by atoms with Gasteiger partial charge >= 0.3 is 0 Å². The molecule has 1 aromatic heterocycles. The van der Waals surface area contributed by atoms with E-state index in [0.29, 0.717) is 17.5 Å². The zero-order valence-corrected chi connectivity index (χ0v) is 23.2. The predicted molar refractivity (Wildman–Crippen MR) is 157 cm³/mol. The lowest BCUT2D eigenvalue weighted by Gasteiger charge is -2.28. The predicted octanol–water partition coefficient (Wildman–Crippen LogP) is 3.92. The maximum atomic E-state index is 14.0. The lowest BCUT2D eigenvalue weighted by Crippen LogP contribution is -2.53. The Kier molecular flexibility index (Phi) is 7.79. The molecular formula is C34H29FN4O4. The Balaban J connectivity index is 1.22. The summed E-state index contributed by atoms with van der Waals surface area (Å²) in [7, 11) is 0. The standard InChI is InChI=1S/C34H29FN4O4/c35-26-15-9-22(10-16-26)20-28(37-32(41)25-13-11-24(12-14-25)23-6-2-1-3-7-23)34(43)38-19-17-29-31(38)30(40)21-39(29)33(42)27-8-4-5-18-36-27/h1-16,18,28-29,31H,17,19-21H2,(H,37,41). The van der Waals surface area contributed by atoms with Crippen molar-refractivity contribution < 1.29 is 23.6 Å². The van der Waals surface area contributed by atoms with Crippen molar-refractivity contribution in [3.8, 4) is 11.1 Å². The van der Waals surface area contributed by atoms with E-state index >= 15 is 0 Å². The topological polar surface area (TPSA) is 99.7 Å². The lowest BCUT2D eigenvalue weighted by molar-refractivity contribution is -0.138. The van der Waals surface area contributed by atoms with Gasteiger partial charge in [0.15, 0.2) is 5.78 Å². The van der Waals surface area contributed by atoms with E-state index in [9.17, 15) is 23.6 Å². The first-order chi connectivity index (χ1) is 20.9. The summed E-state index contributed by atoms with van der Waals surface area (Å²) in [5.41, 5.74) is 3.23. The molecule has 3 heterocycles. The number of pyridine rings is 1. The minimum absolute atomic E-state index is 0.103. The van der Waals surface area contributed by atoms with Crippen LogP contribution in [0.5, 0.6) is 0 Å². The highest BCUT2D eigenvalue weighted by Crippen LogP contribution is 2.31. The molecule has 0 spiro atoms. The second kappa shape index (κ2) is 12.0. The largest absolute Gasteiger partial charge is 0.340 e. The minimum atomic E-state index is -1.01. The number of ketones is 1. The molecule has 0 saturated carbocycles. The Morgan fingerprint density at radius 1 is 0.860 bits per heavy atom. The van der Waals surface area contributed by atoms with Crippen LogP contribution in [-0.4, -0.2) is 69.5 Å². The first-order valence-corrected chi connectivity index (χ1v) is 14.1. The second-order valence-electron chi connectivity index (χ2n) is 10.7. The van der Waals surface area contributed by atoms with Crippen LogP contribution in [0.25, 0.3) is 11.1 Å². The molecule has 2 fully saturated rings. The second-order valence-corrected chi connectivity index (χ2v) is 10.7. The number of rotatable bonds is 7. The zero-order chi connectivity index (χ0) is 29.9. The molecule has 8 nitrogen and oxygen atoms in total. The first kappa shape index (κ1) is 28.0. The number of fused-ring (bicyclic) bond motifs is 1. The molecule has 6 rings (SSSR count). The van der Waals surface area contributed by atoms with Crippen molar-refractivity contribution in [1.82, 2.24) is 20.1 Å². The Morgan fingerprint density at radius 3 is 2.26 bits per heavy atom. The Hall–Kier alpha value is -5.18. The molecule has 43 heavy (non-hydrogen) atoms. The van der Waals surface area contributed by atoms with Gasteiger partial charge in [-0.3, -0.25) is 24.2 Å². The number of Topliss-reactive ketones (excluding diaryl/α,β-unsaturated/α-hetero) is 1. The third-order valence-electron chi connectivity index (χ3n) is 8.06. The number of amides is 3. The van der Waals surface area contributed by atoms with Crippen LogP contribution >= 0.6 is 0 Å². The monoisotopic (exact) mass is 576 g/mol. The van der Waals surface area contributed by atoms with Gasteiger partial charge in [0, 0.05) is 24.7 Å². The molecule has 0 bridgehead atoms. The van der Waals surface area contributed by atoms with Crippen LogP contribution in [0.4, 0.5) is 4.39 Å². The third kappa shape index (κ3) is 5.79. The minimum Gasteiger partial charge on any atom is -0.340 e.